The molecule has 0 heterocycles. The van der Waals surface area contributed by atoms with Gasteiger partial charge in [0, 0.05) is 0 Å². The SMILES string of the molecule is COC(=O)c1cc2ccccc2c([O-])c1[N+]#N. The number of esters is 1. The summed E-state index contributed by atoms with van der Waals surface area (Å²) in [6.07, 6.45) is 0. The van der Waals surface area contributed by atoms with Gasteiger partial charge in [-0.15, -0.1) is 0 Å². The molecule has 2 rings (SSSR count). The highest BCUT2D eigenvalue weighted by Gasteiger charge is 2.23. The van der Waals surface area contributed by atoms with Crippen molar-refractivity contribution in [1.29, 1.82) is 5.39 Å². The Kier molecular flexibility index (Phi) is 2.63. The van der Waals surface area contributed by atoms with E-state index in [2.05, 4.69) is 9.71 Å². The molecule has 0 saturated heterocycles. The van der Waals surface area contributed by atoms with Gasteiger partial charge < -0.3 is 9.84 Å². The van der Waals surface area contributed by atoms with E-state index in [-0.39, 0.29) is 11.3 Å². The van der Waals surface area contributed by atoms with E-state index in [1.165, 1.54) is 13.2 Å². The number of hydrogen-bond acceptors (Lipinski definition) is 4. The molecule has 0 fully saturated rings. The molecule has 0 radical (unpaired) electrons. The fourth-order valence-electron chi connectivity index (χ4n) is 1.67. The quantitative estimate of drug-likeness (QED) is 0.553. The van der Waals surface area contributed by atoms with Gasteiger partial charge in [0.05, 0.1) is 7.11 Å². The van der Waals surface area contributed by atoms with Gasteiger partial charge in [0.25, 0.3) is 0 Å². The molecule has 0 bridgehead atoms. The highest BCUT2D eigenvalue weighted by Crippen LogP contribution is 2.36. The third-order valence-corrected chi connectivity index (χ3v) is 2.48. The lowest BCUT2D eigenvalue weighted by Crippen LogP contribution is -2.04. The van der Waals surface area contributed by atoms with Crippen LogP contribution in [0.1, 0.15) is 10.4 Å². The summed E-state index contributed by atoms with van der Waals surface area (Å²) in [6, 6.07) is 8.22. The highest BCUT2D eigenvalue weighted by atomic mass is 16.5. The first-order valence-corrected chi connectivity index (χ1v) is 4.85. The van der Waals surface area contributed by atoms with Crippen LogP contribution in [-0.2, 0) is 4.74 Å². The Balaban J connectivity index is 2.86. The summed E-state index contributed by atoms with van der Waals surface area (Å²) < 4.78 is 4.53. The number of rotatable bonds is 1. The maximum absolute atomic E-state index is 11.9. The second-order valence-corrected chi connectivity index (χ2v) is 3.41. The van der Waals surface area contributed by atoms with Crippen LogP contribution in [-0.4, -0.2) is 13.1 Å². The number of methoxy groups -OCH3 is 1. The van der Waals surface area contributed by atoms with Gasteiger partial charge in [0.2, 0.25) is 5.39 Å². The zero-order valence-corrected chi connectivity index (χ0v) is 9.01. The van der Waals surface area contributed by atoms with Gasteiger partial charge in [0.1, 0.15) is 0 Å². The predicted octanol–water partition coefficient (Wildman–Crippen LogP) is 2.18. The summed E-state index contributed by atoms with van der Waals surface area (Å²) in [5.74, 6) is -1.20. The van der Waals surface area contributed by atoms with E-state index < -0.39 is 11.7 Å². The van der Waals surface area contributed by atoms with Crippen LogP contribution in [0.4, 0.5) is 5.69 Å². The summed E-state index contributed by atoms with van der Waals surface area (Å²) in [5.41, 5.74) is -0.339. The molecule has 0 N–H and O–H groups in total. The normalized spacial score (nSPS) is 9.88. The number of carbonyl (C=O) groups excluding carboxylic acids is 1. The first kappa shape index (κ1) is 10.9. The Morgan fingerprint density at radius 1 is 1.41 bits per heavy atom. The first-order valence-electron chi connectivity index (χ1n) is 4.85. The highest BCUT2D eigenvalue weighted by molar-refractivity contribution is 6.05. The Morgan fingerprint density at radius 3 is 2.76 bits per heavy atom. The number of nitrogens with zero attached hydrogens (tertiary/aromatic N) is 2. The van der Waals surface area contributed by atoms with E-state index in [0.29, 0.717) is 10.8 Å². The molecule has 2 aromatic carbocycles. The van der Waals surface area contributed by atoms with Crippen molar-refractivity contribution in [2.24, 2.45) is 0 Å². The Hall–Kier alpha value is -2.61. The monoisotopic (exact) mass is 228 g/mol. The summed E-state index contributed by atoms with van der Waals surface area (Å²) >= 11 is 0. The summed E-state index contributed by atoms with van der Waals surface area (Å²) in [7, 11) is 1.20. The van der Waals surface area contributed by atoms with E-state index in [9.17, 15) is 9.90 Å². The van der Waals surface area contributed by atoms with Crippen LogP contribution in [0.2, 0.25) is 0 Å². The molecule has 84 valence electrons. The van der Waals surface area contributed by atoms with Gasteiger partial charge in [-0.25, -0.2) is 4.79 Å². The fourth-order valence-corrected chi connectivity index (χ4v) is 1.67. The number of ether oxygens (including phenoxy) is 1. The lowest BCUT2D eigenvalue weighted by molar-refractivity contribution is -0.264. The predicted molar refractivity (Wildman–Crippen MR) is 59.5 cm³/mol. The largest absolute Gasteiger partial charge is 0.867 e. The minimum Gasteiger partial charge on any atom is -0.867 e. The molecule has 0 aromatic heterocycles. The Morgan fingerprint density at radius 2 is 2.12 bits per heavy atom. The van der Waals surface area contributed by atoms with Crippen LogP contribution in [0.15, 0.2) is 30.3 Å². The van der Waals surface area contributed by atoms with Crippen LogP contribution >= 0.6 is 0 Å². The van der Waals surface area contributed by atoms with Gasteiger partial charge in [0.15, 0.2) is 10.5 Å². The van der Waals surface area contributed by atoms with Crippen LogP contribution in [0.5, 0.6) is 5.75 Å². The molecular formula is C12H8N2O3. The topological polar surface area (TPSA) is 77.5 Å². The standard InChI is InChI=1S/C12H8N2O3/c1-17-12(16)9-6-7-4-2-3-5-8(7)11(15)10(9)14-13/h2-6H,1H3. The molecular weight excluding hydrogens is 220 g/mol. The maximum atomic E-state index is 11.9. The lowest BCUT2D eigenvalue weighted by atomic mass is 10.0. The number of hydrogen-bond donors (Lipinski definition) is 0. The summed E-state index contributed by atoms with van der Waals surface area (Å²) in [5, 5.41) is 21.8. The van der Waals surface area contributed by atoms with Crippen molar-refractivity contribution >= 4 is 22.4 Å². The second kappa shape index (κ2) is 4.10. The molecule has 5 heteroatoms. The Bertz CT molecular complexity index is 644. The van der Waals surface area contributed by atoms with Crippen LogP contribution in [0, 0.1) is 5.39 Å². The molecule has 0 atom stereocenters. The summed E-state index contributed by atoms with van der Waals surface area (Å²) in [4.78, 5) is 14.3. The molecule has 5 nitrogen and oxygen atoms in total. The van der Waals surface area contributed by atoms with E-state index in [1.54, 1.807) is 24.3 Å². The Labute approximate surface area is 96.9 Å². The van der Waals surface area contributed by atoms with E-state index in [1.807, 2.05) is 0 Å². The fraction of sp³-hybridized carbons (Fsp3) is 0.0833. The van der Waals surface area contributed by atoms with Gasteiger partial charge >= 0.3 is 11.7 Å². The minimum atomic E-state index is -0.708. The molecule has 0 unspecified atom stereocenters. The van der Waals surface area contributed by atoms with Gasteiger partial charge in [-0.1, -0.05) is 24.3 Å². The molecule has 0 aliphatic heterocycles. The minimum absolute atomic E-state index is 0.0429. The zero-order valence-electron chi connectivity index (χ0n) is 9.01. The van der Waals surface area contributed by atoms with E-state index in [4.69, 9.17) is 5.39 Å². The number of benzene rings is 2. The maximum Gasteiger partial charge on any atom is 0.392 e. The van der Waals surface area contributed by atoms with E-state index >= 15 is 0 Å². The van der Waals surface area contributed by atoms with Crippen LogP contribution < -0.4 is 5.11 Å². The molecule has 0 saturated carbocycles. The lowest BCUT2D eigenvalue weighted by Gasteiger charge is -2.09. The average molecular weight is 228 g/mol. The molecule has 2 aromatic rings. The van der Waals surface area contributed by atoms with Crippen molar-refractivity contribution in [2.75, 3.05) is 7.11 Å². The van der Waals surface area contributed by atoms with Crippen molar-refractivity contribution in [3.05, 3.63) is 40.9 Å². The first-order chi connectivity index (χ1) is 8.19. The second-order valence-electron chi connectivity index (χ2n) is 3.41. The molecule has 17 heavy (non-hydrogen) atoms. The third-order valence-electron chi connectivity index (χ3n) is 2.48. The van der Waals surface area contributed by atoms with Gasteiger partial charge in [-0.05, 0) is 22.6 Å². The van der Waals surface area contributed by atoms with Crippen molar-refractivity contribution < 1.29 is 14.6 Å². The molecule has 0 aliphatic carbocycles. The average Bonchev–Trinajstić information content (AvgIpc) is 2.37. The van der Waals surface area contributed by atoms with Crippen LogP contribution in [0.3, 0.4) is 0 Å². The zero-order chi connectivity index (χ0) is 12.4. The van der Waals surface area contributed by atoms with Crippen molar-refractivity contribution in [3.63, 3.8) is 0 Å². The van der Waals surface area contributed by atoms with Gasteiger partial charge in [-0.3, -0.25) is 0 Å². The molecule has 0 amide bonds. The van der Waals surface area contributed by atoms with Crippen LogP contribution in [0.25, 0.3) is 15.7 Å². The summed E-state index contributed by atoms with van der Waals surface area (Å²) in [6.45, 7) is 0. The number of fused-ring (bicyclic) bond motifs is 1. The van der Waals surface area contributed by atoms with Crippen molar-refractivity contribution in [3.8, 4) is 5.75 Å². The van der Waals surface area contributed by atoms with Gasteiger partial charge in [-0.2, -0.15) is 0 Å². The number of carbonyl (C=O) groups is 1. The van der Waals surface area contributed by atoms with E-state index in [0.717, 1.165) is 0 Å². The molecule has 0 aliphatic rings. The molecule has 0 spiro atoms. The third kappa shape index (κ3) is 1.66. The van der Waals surface area contributed by atoms with Crippen molar-refractivity contribution in [2.45, 2.75) is 0 Å². The smallest absolute Gasteiger partial charge is 0.392 e. The number of diazo groups is 1. The van der Waals surface area contributed by atoms with Crippen molar-refractivity contribution in [1.82, 2.24) is 0 Å².